The quantitative estimate of drug-likeness (QED) is 0.556. The van der Waals surface area contributed by atoms with E-state index in [1.807, 2.05) is 0 Å². The first-order valence-electron chi connectivity index (χ1n) is 4.51. The molecule has 16 heavy (non-hydrogen) atoms. The first-order valence-corrected chi connectivity index (χ1v) is 5.56. The third-order valence-electron chi connectivity index (χ3n) is 2.65. The molecule has 87 valence electrons. The molecule has 0 aromatic heterocycles. The van der Waals surface area contributed by atoms with Gasteiger partial charge in [0.2, 0.25) is 5.91 Å². The van der Waals surface area contributed by atoms with Gasteiger partial charge in [0.05, 0.1) is 17.3 Å². The van der Waals surface area contributed by atoms with Gasteiger partial charge in [-0.15, -0.1) is 11.8 Å². The van der Waals surface area contributed by atoms with Crippen molar-refractivity contribution < 1.29 is 63.4 Å². The van der Waals surface area contributed by atoms with E-state index in [0.29, 0.717) is 12.2 Å². The van der Waals surface area contributed by atoms with Gasteiger partial charge >= 0.3 is 0 Å². The van der Waals surface area contributed by atoms with Crippen LogP contribution in [0.3, 0.4) is 0 Å². The molecule has 0 aromatic carbocycles. The Labute approximate surface area is 138 Å². The Balaban J connectivity index is 0.00000112. The Bertz CT molecular complexity index is 294. The number of piperidine rings is 1. The molecule has 0 aliphatic carbocycles. The molecule has 3 atom stereocenters. The maximum Gasteiger partial charge on any atom is 0.206 e. The summed E-state index contributed by atoms with van der Waals surface area (Å²) < 4.78 is 0. The minimum Gasteiger partial charge on any atom is -0.667 e. The molecule has 0 aromatic rings. The Morgan fingerprint density at radius 2 is 2.06 bits per heavy atom. The molecule has 0 bridgehead atoms. The molecule has 1 radical (unpaired) electrons. The molecule has 5 nitrogen and oxygen atoms in total. The number of carbonyl (C=O) groups excluding carboxylic acids is 2. The van der Waals surface area contributed by atoms with Gasteiger partial charge in [-0.3, -0.25) is 4.79 Å². The van der Waals surface area contributed by atoms with Gasteiger partial charge in [0.1, 0.15) is 0 Å². The summed E-state index contributed by atoms with van der Waals surface area (Å²) in [4.78, 5) is 24.0. The summed E-state index contributed by atoms with van der Waals surface area (Å²) >= 11 is 1.55. The van der Waals surface area contributed by atoms with Crippen molar-refractivity contribution in [3.63, 3.8) is 0 Å². The van der Waals surface area contributed by atoms with Crippen LogP contribution in [0.5, 0.6) is 0 Å². The molecule has 2 amide bonds. The maximum absolute atomic E-state index is 11.6. The zero-order valence-corrected chi connectivity index (χ0v) is 15.1. The van der Waals surface area contributed by atoms with Crippen molar-refractivity contribution in [2.45, 2.75) is 30.3 Å². The van der Waals surface area contributed by atoms with Gasteiger partial charge in [-0.25, -0.2) is 0 Å². The number of nitrogens with one attached hydrogen (secondary N) is 2. The van der Waals surface area contributed by atoms with Crippen LogP contribution in [0.4, 0.5) is 0 Å². The fraction of sp³-hybridized carbons (Fsp3) is 0.750. The Morgan fingerprint density at radius 3 is 2.62 bits per heavy atom. The van der Waals surface area contributed by atoms with Gasteiger partial charge in [0.25, 0.3) is 0 Å². The summed E-state index contributed by atoms with van der Waals surface area (Å²) in [5, 5.41) is 0.0309. The van der Waals surface area contributed by atoms with Gasteiger partial charge < -0.3 is 21.2 Å². The number of hydrogen-bond acceptors (Lipinski definition) is 3. The van der Waals surface area contributed by atoms with E-state index in [4.69, 9.17) is 11.5 Å². The molecule has 2 aliphatic heterocycles. The van der Waals surface area contributed by atoms with E-state index in [0.717, 1.165) is 6.42 Å². The van der Waals surface area contributed by atoms with Crippen molar-refractivity contribution in [1.29, 1.82) is 0 Å². The van der Waals surface area contributed by atoms with E-state index in [-0.39, 0.29) is 65.1 Å². The van der Waals surface area contributed by atoms with Crippen molar-refractivity contribution in [2.75, 3.05) is 5.75 Å². The van der Waals surface area contributed by atoms with Crippen LogP contribution in [0.1, 0.15) is 12.8 Å². The monoisotopic (exact) mass is 486 g/mol. The Kier molecular flexibility index (Phi) is 7.28. The molecule has 2 fully saturated rings. The second-order valence-electron chi connectivity index (χ2n) is 3.54. The third kappa shape index (κ3) is 3.08. The van der Waals surface area contributed by atoms with Gasteiger partial charge in [-0.05, 0) is 6.42 Å². The van der Waals surface area contributed by atoms with Crippen LogP contribution in [-0.4, -0.2) is 39.9 Å². The molecule has 2 unspecified atom stereocenters. The van der Waals surface area contributed by atoms with Gasteiger partial charge in [-0.1, -0.05) is 12.5 Å². The molecule has 2 aliphatic rings. The number of hydrogen-bond donors (Lipinski definition) is 0. The van der Waals surface area contributed by atoms with E-state index in [1.165, 1.54) is 4.90 Å². The molecule has 2 N–H and O–H groups in total. The Hall–Kier alpha value is 1.04. The summed E-state index contributed by atoms with van der Waals surface area (Å²) in [5.74, 6) is -0.467. The van der Waals surface area contributed by atoms with E-state index in [9.17, 15) is 9.59 Å². The third-order valence-corrected chi connectivity index (χ3v) is 4.01. The topological polar surface area (TPSA) is 85.0 Å². The Morgan fingerprint density at radius 1 is 1.44 bits per heavy atom. The molecule has 0 spiro atoms. The summed E-state index contributed by atoms with van der Waals surface area (Å²) in [6.45, 7) is 0. The van der Waals surface area contributed by atoms with Gasteiger partial charge in [0.15, 0.2) is 0 Å². The smallest absolute Gasteiger partial charge is 0.206 e. The van der Waals surface area contributed by atoms with E-state index in [1.54, 1.807) is 11.8 Å². The number of fused-ring (bicyclic) bond motifs is 1. The minimum absolute atomic E-state index is 0. The number of thioether (sulfide) groups is 1. The number of carbonyl (C=O) groups is 2. The average molecular weight is 486 g/mol. The van der Waals surface area contributed by atoms with E-state index >= 15 is 0 Å². The summed E-state index contributed by atoms with van der Waals surface area (Å²) in [6.07, 6.45) is 1.35. The van der Waals surface area contributed by atoms with Crippen LogP contribution in [0.25, 0.3) is 11.5 Å². The number of nitrogens with zero attached hydrogens (tertiary/aromatic N) is 1. The SMILES string of the molecule is [NH-]C(=O)C1CSC2CC[C@H]([NH-])C(=O)N21.[W].[Y]. The van der Waals surface area contributed by atoms with E-state index < -0.39 is 18.0 Å². The predicted molar refractivity (Wildman–Crippen MR) is 53.6 cm³/mol. The van der Waals surface area contributed by atoms with Crippen LogP contribution in [0, 0.1) is 0 Å². The second kappa shape index (κ2) is 6.84. The fourth-order valence-corrected chi connectivity index (χ4v) is 3.33. The standard InChI is InChI=1S/C8H12N3O2S.W.Y/c9-4-1-2-6-11(8(4)13)5(3-14-6)7(10)12;;/h4-6,9H,1-3H2,(H2,10,12);;/q-1;;/p-1/t4-,5?,6?;;/m0../s1. The van der Waals surface area contributed by atoms with Crippen molar-refractivity contribution in [2.24, 2.45) is 0 Å². The van der Waals surface area contributed by atoms with E-state index in [2.05, 4.69) is 0 Å². The summed E-state index contributed by atoms with van der Waals surface area (Å²) in [6, 6.07) is -1.34. The zero-order chi connectivity index (χ0) is 10.3. The summed E-state index contributed by atoms with van der Waals surface area (Å²) in [5.41, 5.74) is 14.5. The maximum atomic E-state index is 11.6. The zero-order valence-electron chi connectivity index (χ0n) is 8.51. The molecular formula is C8H11N3O2SWY-2. The average Bonchev–Trinajstić information content (AvgIpc) is 2.55. The first kappa shape index (κ1) is 17.0. The molecule has 8 heteroatoms. The van der Waals surface area contributed by atoms with Gasteiger partial charge in [0, 0.05) is 59.5 Å². The molecule has 2 heterocycles. The van der Waals surface area contributed by atoms with Crippen LogP contribution >= 0.6 is 11.8 Å². The van der Waals surface area contributed by atoms with Crippen molar-refractivity contribution in [3.05, 3.63) is 11.5 Å². The van der Waals surface area contributed by atoms with Crippen molar-refractivity contribution in [3.8, 4) is 0 Å². The van der Waals surface area contributed by atoms with Crippen LogP contribution in [0.15, 0.2) is 0 Å². The van der Waals surface area contributed by atoms with Crippen molar-refractivity contribution >= 4 is 23.6 Å². The molecule has 2 saturated heterocycles. The predicted octanol–water partition coefficient (Wildman–Crippen LogP) is 1.04. The van der Waals surface area contributed by atoms with Crippen LogP contribution in [-0.2, 0) is 63.4 Å². The number of rotatable bonds is 1. The minimum atomic E-state index is -0.730. The van der Waals surface area contributed by atoms with Crippen molar-refractivity contribution in [1.82, 2.24) is 4.90 Å². The van der Waals surface area contributed by atoms with Crippen LogP contribution in [0.2, 0.25) is 0 Å². The summed E-state index contributed by atoms with van der Waals surface area (Å²) in [7, 11) is 0. The fourth-order valence-electron chi connectivity index (χ4n) is 1.90. The molecular weight excluding hydrogens is 475 g/mol. The van der Waals surface area contributed by atoms with Gasteiger partial charge in [-0.2, -0.15) is 0 Å². The molecule has 2 rings (SSSR count). The largest absolute Gasteiger partial charge is 0.667 e. The van der Waals surface area contributed by atoms with Crippen LogP contribution < -0.4 is 0 Å². The molecule has 0 saturated carbocycles. The number of amides is 2. The second-order valence-corrected chi connectivity index (χ2v) is 4.75. The first-order chi connectivity index (χ1) is 6.61. The normalized spacial score (nSPS) is 32.4.